The maximum absolute atomic E-state index is 12.4. The highest BCUT2D eigenvalue weighted by Gasteiger charge is 2.24. The Morgan fingerprint density at radius 1 is 1.38 bits per heavy atom. The Kier molecular flexibility index (Phi) is 5.88. The molecule has 0 saturated carbocycles. The molecule has 1 aliphatic rings. The molecule has 1 aromatic carbocycles. The van der Waals surface area contributed by atoms with E-state index in [-0.39, 0.29) is 12.0 Å². The second kappa shape index (κ2) is 8.31. The third-order valence-electron chi connectivity index (χ3n) is 4.25. The number of carbonyl (C=O) groups excluding carboxylic acids is 1. The fourth-order valence-corrected chi connectivity index (χ4v) is 3.68. The highest BCUT2D eigenvalue weighted by Crippen LogP contribution is 2.18. The van der Waals surface area contributed by atoms with Crippen molar-refractivity contribution in [3.8, 4) is 5.75 Å². The van der Waals surface area contributed by atoms with Crippen molar-refractivity contribution >= 4 is 17.2 Å². The van der Waals surface area contributed by atoms with Crippen LogP contribution < -0.4 is 4.74 Å². The van der Waals surface area contributed by atoms with E-state index in [9.17, 15) is 4.79 Å². The van der Waals surface area contributed by atoms with Crippen LogP contribution in [-0.2, 0) is 22.4 Å². The van der Waals surface area contributed by atoms with Gasteiger partial charge in [-0.15, -0.1) is 11.3 Å². The number of nitrogens with zero attached hydrogens (tertiary/aromatic N) is 1. The van der Waals surface area contributed by atoms with Gasteiger partial charge < -0.3 is 14.4 Å². The lowest BCUT2D eigenvalue weighted by atomic mass is 10.1. The van der Waals surface area contributed by atoms with Crippen molar-refractivity contribution in [1.82, 2.24) is 4.90 Å². The van der Waals surface area contributed by atoms with Gasteiger partial charge >= 0.3 is 0 Å². The summed E-state index contributed by atoms with van der Waals surface area (Å²) in [6.45, 7) is 1.97. The third kappa shape index (κ3) is 4.58. The number of morpholine rings is 1. The van der Waals surface area contributed by atoms with Crippen molar-refractivity contribution in [1.29, 1.82) is 0 Å². The monoisotopic (exact) mass is 345 g/mol. The number of aryl methyl sites for hydroxylation is 1. The van der Waals surface area contributed by atoms with Gasteiger partial charge in [0.05, 0.1) is 19.8 Å². The van der Waals surface area contributed by atoms with Gasteiger partial charge in [-0.3, -0.25) is 4.79 Å². The summed E-state index contributed by atoms with van der Waals surface area (Å²) in [5.74, 6) is 1.08. The van der Waals surface area contributed by atoms with Gasteiger partial charge in [0.2, 0.25) is 5.91 Å². The Morgan fingerprint density at radius 3 is 3.08 bits per heavy atom. The molecule has 1 atom stereocenters. The molecule has 1 unspecified atom stereocenters. The largest absolute Gasteiger partial charge is 0.497 e. The SMILES string of the molecule is COc1cccc(CC2CN(C(=O)CCc3cccs3)CCO2)c1. The third-order valence-corrected chi connectivity index (χ3v) is 5.19. The van der Waals surface area contributed by atoms with Gasteiger partial charge in [0.25, 0.3) is 0 Å². The lowest BCUT2D eigenvalue weighted by Gasteiger charge is -2.33. The molecule has 4 nitrogen and oxygen atoms in total. The van der Waals surface area contributed by atoms with E-state index >= 15 is 0 Å². The average molecular weight is 345 g/mol. The van der Waals surface area contributed by atoms with Crippen LogP contribution in [0, 0.1) is 0 Å². The fraction of sp³-hybridized carbons (Fsp3) is 0.421. The molecule has 2 heterocycles. The minimum absolute atomic E-state index is 0.0524. The Bertz CT molecular complexity index is 656. The average Bonchev–Trinajstić information content (AvgIpc) is 3.13. The van der Waals surface area contributed by atoms with E-state index in [0.717, 1.165) is 18.6 Å². The number of carbonyl (C=O) groups is 1. The zero-order chi connectivity index (χ0) is 16.8. The van der Waals surface area contributed by atoms with Gasteiger partial charge in [0, 0.05) is 30.8 Å². The summed E-state index contributed by atoms with van der Waals surface area (Å²) in [6, 6.07) is 12.1. The van der Waals surface area contributed by atoms with E-state index in [1.165, 1.54) is 10.4 Å². The molecular formula is C19H23NO3S. The van der Waals surface area contributed by atoms with Crippen molar-refractivity contribution < 1.29 is 14.3 Å². The minimum atomic E-state index is 0.0524. The van der Waals surface area contributed by atoms with Crippen LogP contribution in [0.2, 0.25) is 0 Å². The molecule has 128 valence electrons. The van der Waals surface area contributed by atoms with E-state index in [4.69, 9.17) is 9.47 Å². The predicted molar refractivity (Wildman–Crippen MR) is 95.7 cm³/mol. The Hall–Kier alpha value is -1.85. The first kappa shape index (κ1) is 17.0. The van der Waals surface area contributed by atoms with Crippen LogP contribution in [0.1, 0.15) is 16.9 Å². The number of thiophene rings is 1. The Labute approximate surface area is 147 Å². The summed E-state index contributed by atoms with van der Waals surface area (Å²) in [7, 11) is 1.67. The maximum Gasteiger partial charge on any atom is 0.223 e. The molecule has 1 aliphatic heterocycles. The summed E-state index contributed by atoms with van der Waals surface area (Å²) >= 11 is 1.71. The second-order valence-corrected chi connectivity index (χ2v) is 7.00. The van der Waals surface area contributed by atoms with E-state index in [1.807, 2.05) is 29.2 Å². The highest BCUT2D eigenvalue weighted by molar-refractivity contribution is 7.09. The summed E-state index contributed by atoms with van der Waals surface area (Å²) in [5.41, 5.74) is 1.17. The van der Waals surface area contributed by atoms with Crippen molar-refractivity contribution in [3.63, 3.8) is 0 Å². The van der Waals surface area contributed by atoms with Gasteiger partial charge in [-0.05, 0) is 35.6 Å². The maximum atomic E-state index is 12.4. The molecular weight excluding hydrogens is 322 g/mol. The van der Waals surface area contributed by atoms with Gasteiger partial charge in [0.15, 0.2) is 0 Å². The number of hydrogen-bond donors (Lipinski definition) is 0. The van der Waals surface area contributed by atoms with Crippen molar-refractivity contribution in [2.45, 2.75) is 25.4 Å². The summed E-state index contributed by atoms with van der Waals surface area (Å²) in [6.07, 6.45) is 2.25. The molecule has 5 heteroatoms. The zero-order valence-corrected chi connectivity index (χ0v) is 14.8. The lowest BCUT2D eigenvalue weighted by Crippen LogP contribution is -2.46. The molecule has 1 fully saturated rings. The van der Waals surface area contributed by atoms with Crippen LogP contribution in [0.15, 0.2) is 41.8 Å². The summed E-state index contributed by atoms with van der Waals surface area (Å²) < 4.78 is 11.1. The topological polar surface area (TPSA) is 38.8 Å². The molecule has 1 amide bonds. The van der Waals surface area contributed by atoms with Crippen LogP contribution in [0.3, 0.4) is 0 Å². The van der Waals surface area contributed by atoms with Crippen LogP contribution in [0.5, 0.6) is 5.75 Å². The lowest BCUT2D eigenvalue weighted by molar-refractivity contribution is -0.138. The molecule has 1 saturated heterocycles. The summed E-state index contributed by atoms with van der Waals surface area (Å²) in [5, 5.41) is 2.05. The Morgan fingerprint density at radius 2 is 2.29 bits per heavy atom. The smallest absolute Gasteiger partial charge is 0.223 e. The van der Waals surface area contributed by atoms with Crippen molar-refractivity contribution in [2.24, 2.45) is 0 Å². The Balaban J connectivity index is 1.52. The van der Waals surface area contributed by atoms with E-state index in [1.54, 1.807) is 18.4 Å². The molecule has 0 bridgehead atoms. The quantitative estimate of drug-likeness (QED) is 0.807. The molecule has 0 aliphatic carbocycles. The molecule has 3 rings (SSSR count). The molecule has 0 N–H and O–H groups in total. The number of amides is 1. The second-order valence-electron chi connectivity index (χ2n) is 5.97. The standard InChI is InChI=1S/C19H23NO3S/c1-22-16-5-2-4-15(12-16)13-17-14-20(9-10-23-17)19(21)8-7-18-6-3-11-24-18/h2-6,11-12,17H,7-10,13-14H2,1H3. The van der Waals surface area contributed by atoms with E-state index in [2.05, 4.69) is 17.5 Å². The number of ether oxygens (including phenoxy) is 2. The van der Waals surface area contributed by atoms with Crippen LogP contribution in [0.4, 0.5) is 0 Å². The number of hydrogen-bond acceptors (Lipinski definition) is 4. The minimum Gasteiger partial charge on any atom is -0.497 e. The molecule has 2 aromatic rings. The molecule has 0 spiro atoms. The predicted octanol–water partition coefficient (Wildman–Crippen LogP) is 3.16. The summed E-state index contributed by atoms with van der Waals surface area (Å²) in [4.78, 5) is 15.7. The van der Waals surface area contributed by atoms with Gasteiger partial charge in [0.1, 0.15) is 5.75 Å². The number of methoxy groups -OCH3 is 1. The normalized spacial score (nSPS) is 17.7. The number of rotatable bonds is 6. The molecule has 1 aromatic heterocycles. The van der Waals surface area contributed by atoms with Crippen LogP contribution in [-0.4, -0.2) is 43.7 Å². The number of benzene rings is 1. The van der Waals surface area contributed by atoms with Crippen molar-refractivity contribution in [2.75, 3.05) is 26.8 Å². The van der Waals surface area contributed by atoms with E-state index < -0.39 is 0 Å². The first-order chi connectivity index (χ1) is 11.7. The zero-order valence-electron chi connectivity index (χ0n) is 13.9. The van der Waals surface area contributed by atoms with Gasteiger partial charge in [-0.2, -0.15) is 0 Å². The van der Waals surface area contributed by atoms with Crippen LogP contribution >= 0.6 is 11.3 Å². The fourth-order valence-electron chi connectivity index (χ4n) is 2.97. The molecule has 24 heavy (non-hydrogen) atoms. The van der Waals surface area contributed by atoms with Gasteiger partial charge in [-0.25, -0.2) is 0 Å². The molecule has 0 radical (unpaired) electrons. The highest BCUT2D eigenvalue weighted by atomic mass is 32.1. The van der Waals surface area contributed by atoms with E-state index in [0.29, 0.717) is 26.1 Å². The first-order valence-corrected chi connectivity index (χ1v) is 9.17. The van der Waals surface area contributed by atoms with Crippen molar-refractivity contribution in [3.05, 3.63) is 52.2 Å². The van der Waals surface area contributed by atoms with Crippen LogP contribution in [0.25, 0.3) is 0 Å². The first-order valence-electron chi connectivity index (χ1n) is 8.29. The van der Waals surface area contributed by atoms with Gasteiger partial charge in [-0.1, -0.05) is 18.2 Å².